The minimum Gasteiger partial charge on any atom is -0.475 e. The number of carboxylic acids is 1. The molecule has 2 aliphatic heterocycles. The number of aryl methyl sites for hydroxylation is 1. The molecule has 3 aromatic heterocycles. The highest BCUT2D eigenvalue weighted by atomic mass is 32.1. The van der Waals surface area contributed by atoms with E-state index in [1.165, 1.54) is 15.3 Å². The lowest BCUT2D eigenvalue weighted by Crippen LogP contribution is -2.39. The number of rotatable bonds is 5. The van der Waals surface area contributed by atoms with Gasteiger partial charge in [-0.3, -0.25) is 9.69 Å². The van der Waals surface area contributed by atoms with Crippen molar-refractivity contribution >= 4 is 45.9 Å². The minimum absolute atomic E-state index is 0.202. The van der Waals surface area contributed by atoms with Crippen molar-refractivity contribution in [1.82, 2.24) is 14.8 Å². The second-order valence-electron chi connectivity index (χ2n) is 8.63. The van der Waals surface area contributed by atoms with Gasteiger partial charge in [-0.25, -0.2) is 9.78 Å². The van der Waals surface area contributed by atoms with Crippen molar-refractivity contribution in [2.24, 2.45) is 5.41 Å². The van der Waals surface area contributed by atoms with Gasteiger partial charge >= 0.3 is 12.1 Å². The summed E-state index contributed by atoms with van der Waals surface area (Å²) in [4.78, 5) is 34.4. The number of carboxylic acid groups (broad SMARTS) is 1. The molecule has 6 nitrogen and oxygen atoms in total. The molecule has 5 heterocycles. The van der Waals surface area contributed by atoms with Crippen molar-refractivity contribution in [3.05, 3.63) is 60.9 Å². The molecule has 2 saturated heterocycles. The summed E-state index contributed by atoms with van der Waals surface area (Å²) in [5.74, 6) is -2.23. The standard InChI is InChI=1S/C21H23N3OS3.C2HF3O2/c1-15-4-9-27-18(15)13-23-12-17(19-22-6-10-28-19)21(14-23)5-7-24(20(21)25)11-16-3-2-8-26-16;3-2(4,5)1(6)7/h2-4,6,8-10,17H,5,7,11-14H2,1H3;(H,6,7). The number of aliphatic carboxylic acids is 1. The largest absolute Gasteiger partial charge is 0.490 e. The van der Waals surface area contributed by atoms with Gasteiger partial charge in [-0.2, -0.15) is 13.2 Å². The van der Waals surface area contributed by atoms with E-state index in [0.29, 0.717) is 5.91 Å². The van der Waals surface area contributed by atoms with Crippen LogP contribution in [0.5, 0.6) is 0 Å². The molecule has 2 unspecified atom stereocenters. The third-order valence-corrected chi connectivity index (χ3v) is 9.17. The summed E-state index contributed by atoms with van der Waals surface area (Å²) in [7, 11) is 0. The summed E-state index contributed by atoms with van der Waals surface area (Å²) >= 11 is 5.25. The van der Waals surface area contributed by atoms with Gasteiger partial charge in [0.2, 0.25) is 5.91 Å². The van der Waals surface area contributed by atoms with Crippen LogP contribution in [0.4, 0.5) is 13.2 Å². The van der Waals surface area contributed by atoms with Crippen LogP contribution in [0.25, 0.3) is 0 Å². The van der Waals surface area contributed by atoms with Crippen LogP contribution >= 0.6 is 34.0 Å². The van der Waals surface area contributed by atoms with Gasteiger partial charge in [-0.1, -0.05) is 6.07 Å². The maximum absolute atomic E-state index is 13.7. The van der Waals surface area contributed by atoms with Gasteiger partial charge in [-0.15, -0.1) is 34.0 Å². The Hall–Kier alpha value is -2.28. The summed E-state index contributed by atoms with van der Waals surface area (Å²) in [6, 6.07) is 6.38. The predicted molar refractivity (Wildman–Crippen MR) is 130 cm³/mol. The van der Waals surface area contributed by atoms with E-state index in [1.54, 1.807) is 22.7 Å². The Morgan fingerprint density at radius 2 is 1.97 bits per heavy atom. The second-order valence-corrected chi connectivity index (χ2v) is 11.6. The van der Waals surface area contributed by atoms with Crippen LogP contribution in [0, 0.1) is 12.3 Å². The Balaban J connectivity index is 0.000000364. The molecule has 1 spiro atoms. The SMILES string of the molecule is Cc1ccsc1CN1CC(c2nccs2)C2(CCN(Cc3cccs3)C2=O)C1.O=C(O)C(F)(F)F. The van der Waals surface area contributed by atoms with E-state index in [9.17, 15) is 18.0 Å². The monoisotopic (exact) mass is 543 g/mol. The van der Waals surface area contributed by atoms with Crippen LogP contribution in [0.1, 0.15) is 32.7 Å². The third-order valence-electron chi connectivity index (χ3n) is 6.41. The lowest BCUT2D eigenvalue weighted by molar-refractivity contribution is -0.192. The van der Waals surface area contributed by atoms with Crippen LogP contribution < -0.4 is 0 Å². The van der Waals surface area contributed by atoms with Gasteiger partial charge in [-0.05, 0) is 41.8 Å². The van der Waals surface area contributed by atoms with Gasteiger partial charge in [0.25, 0.3) is 0 Å². The number of thiophene rings is 2. The van der Waals surface area contributed by atoms with Crippen LogP contribution in [-0.2, 0) is 22.7 Å². The maximum atomic E-state index is 13.7. The Kier molecular flexibility index (Phi) is 7.65. The van der Waals surface area contributed by atoms with Crippen molar-refractivity contribution in [2.45, 2.75) is 38.5 Å². The molecular formula is C23H24F3N3O3S3. The quantitative estimate of drug-likeness (QED) is 0.477. The molecule has 0 saturated carbocycles. The Labute approximate surface area is 212 Å². The maximum Gasteiger partial charge on any atom is 0.490 e. The van der Waals surface area contributed by atoms with Crippen molar-refractivity contribution in [1.29, 1.82) is 0 Å². The van der Waals surface area contributed by atoms with Gasteiger partial charge < -0.3 is 10.0 Å². The highest BCUT2D eigenvalue weighted by Gasteiger charge is 2.57. The number of likely N-dealkylation sites (tertiary alicyclic amines) is 2. The summed E-state index contributed by atoms with van der Waals surface area (Å²) in [5.41, 5.74) is 1.04. The van der Waals surface area contributed by atoms with Gasteiger partial charge in [0, 0.05) is 53.4 Å². The Morgan fingerprint density at radius 3 is 2.54 bits per heavy atom. The zero-order valence-corrected chi connectivity index (χ0v) is 21.3. The molecule has 0 aromatic carbocycles. The third kappa shape index (κ3) is 5.60. The van der Waals surface area contributed by atoms with E-state index in [1.807, 2.05) is 22.9 Å². The molecule has 3 aromatic rings. The fraction of sp³-hybridized carbons (Fsp3) is 0.435. The normalized spacial score (nSPS) is 22.6. The first-order chi connectivity index (χ1) is 16.6. The first kappa shape index (κ1) is 25.8. The highest BCUT2D eigenvalue weighted by molar-refractivity contribution is 7.10. The Morgan fingerprint density at radius 1 is 1.20 bits per heavy atom. The van der Waals surface area contributed by atoms with Crippen LogP contribution in [0.15, 0.2) is 40.5 Å². The van der Waals surface area contributed by atoms with E-state index in [-0.39, 0.29) is 11.3 Å². The first-order valence-corrected chi connectivity index (χ1v) is 13.5. The summed E-state index contributed by atoms with van der Waals surface area (Å²) in [6.07, 6.45) is -2.27. The highest BCUT2D eigenvalue weighted by Crippen LogP contribution is 2.51. The number of carbonyl (C=O) groups is 2. The molecule has 1 amide bonds. The van der Waals surface area contributed by atoms with Crippen molar-refractivity contribution in [3.8, 4) is 0 Å². The van der Waals surface area contributed by atoms with Crippen molar-refractivity contribution in [3.63, 3.8) is 0 Å². The number of aromatic nitrogens is 1. The van der Waals surface area contributed by atoms with E-state index in [0.717, 1.165) is 44.2 Å². The summed E-state index contributed by atoms with van der Waals surface area (Å²) in [5, 5.41) is 14.5. The van der Waals surface area contributed by atoms with Crippen LogP contribution in [0.3, 0.4) is 0 Å². The molecule has 2 atom stereocenters. The lowest BCUT2D eigenvalue weighted by atomic mass is 9.77. The molecule has 2 fully saturated rings. The van der Waals surface area contributed by atoms with Crippen molar-refractivity contribution in [2.75, 3.05) is 19.6 Å². The Bertz CT molecular complexity index is 1150. The molecule has 5 rings (SSSR count). The van der Waals surface area contributed by atoms with E-state index >= 15 is 0 Å². The molecule has 2 aliphatic rings. The number of nitrogens with zero attached hydrogens (tertiary/aromatic N) is 3. The van der Waals surface area contributed by atoms with E-state index in [4.69, 9.17) is 9.90 Å². The zero-order chi connectivity index (χ0) is 25.2. The number of thiazole rings is 1. The van der Waals surface area contributed by atoms with Crippen LogP contribution in [0.2, 0.25) is 0 Å². The molecular weight excluding hydrogens is 519 g/mol. The fourth-order valence-electron chi connectivity index (χ4n) is 4.69. The van der Waals surface area contributed by atoms with Gasteiger partial charge in [0.15, 0.2) is 0 Å². The number of hydrogen-bond donors (Lipinski definition) is 1. The average Bonchev–Trinajstić information content (AvgIpc) is 3.61. The number of halogens is 3. The number of hydrogen-bond acceptors (Lipinski definition) is 7. The zero-order valence-electron chi connectivity index (χ0n) is 18.8. The first-order valence-electron chi connectivity index (χ1n) is 10.9. The minimum atomic E-state index is -5.08. The van der Waals surface area contributed by atoms with Crippen LogP contribution in [-0.4, -0.2) is 57.6 Å². The molecule has 12 heteroatoms. The smallest absolute Gasteiger partial charge is 0.475 e. The number of amides is 1. The molecule has 0 radical (unpaired) electrons. The topological polar surface area (TPSA) is 73.7 Å². The molecule has 1 N–H and O–H groups in total. The summed E-state index contributed by atoms with van der Waals surface area (Å²) < 4.78 is 31.7. The molecule has 0 aliphatic carbocycles. The van der Waals surface area contributed by atoms with Gasteiger partial charge in [0.05, 0.1) is 17.0 Å². The average molecular weight is 544 g/mol. The lowest BCUT2D eigenvalue weighted by Gasteiger charge is -2.27. The number of alkyl halides is 3. The number of carbonyl (C=O) groups excluding carboxylic acids is 1. The summed E-state index contributed by atoms with van der Waals surface area (Å²) in [6.45, 7) is 6.47. The van der Waals surface area contributed by atoms with E-state index < -0.39 is 12.1 Å². The fourth-order valence-corrected chi connectivity index (χ4v) is 7.20. The molecule has 35 heavy (non-hydrogen) atoms. The second kappa shape index (κ2) is 10.4. The van der Waals surface area contributed by atoms with Gasteiger partial charge in [0.1, 0.15) is 0 Å². The predicted octanol–water partition coefficient (Wildman–Crippen LogP) is 5.23. The molecule has 188 valence electrons. The molecule has 0 bridgehead atoms. The van der Waals surface area contributed by atoms with E-state index in [2.05, 4.69) is 50.7 Å². The van der Waals surface area contributed by atoms with Crippen molar-refractivity contribution < 1.29 is 27.9 Å².